The summed E-state index contributed by atoms with van der Waals surface area (Å²) in [7, 11) is 0. The molecule has 0 radical (unpaired) electrons. The summed E-state index contributed by atoms with van der Waals surface area (Å²) in [6.07, 6.45) is 5.29. The molecule has 0 spiro atoms. The van der Waals surface area contributed by atoms with Gasteiger partial charge in [-0.05, 0) is 78.9 Å². The van der Waals surface area contributed by atoms with E-state index in [1.165, 1.54) is 0 Å². The quantitative estimate of drug-likeness (QED) is 0.798. The molecule has 0 aliphatic heterocycles. The lowest BCUT2D eigenvalue weighted by Crippen LogP contribution is -1.95. The van der Waals surface area contributed by atoms with Gasteiger partial charge in [-0.3, -0.25) is 9.78 Å². The summed E-state index contributed by atoms with van der Waals surface area (Å²) in [6.45, 7) is 5.32. The van der Waals surface area contributed by atoms with Crippen LogP contribution in [-0.4, -0.2) is 10.8 Å². The second-order valence-corrected chi connectivity index (χ2v) is 4.97. The Bertz CT molecular complexity index is 753. The van der Waals surface area contributed by atoms with Crippen LogP contribution in [0.1, 0.15) is 30.5 Å². The van der Waals surface area contributed by atoms with Gasteiger partial charge in [-0.2, -0.15) is 5.26 Å². The minimum absolute atomic E-state index is 0.0298. The van der Waals surface area contributed by atoms with Gasteiger partial charge in [0.15, 0.2) is 5.78 Å². The smallest absolute Gasteiger partial charge is 0.155 e. The van der Waals surface area contributed by atoms with E-state index in [2.05, 4.69) is 11.1 Å². The molecule has 104 valence electrons. The van der Waals surface area contributed by atoms with E-state index in [1.807, 2.05) is 37.3 Å². The van der Waals surface area contributed by atoms with Crippen LogP contribution in [0.15, 0.2) is 42.2 Å². The molecule has 1 aromatic heterocycles. The highest BCUT2D eigenvalue weighted by molar-refractivity contribution is 5.97. The summed E-state index contributed by atoms with van der Waals surface area (Å²) in [5.74, 6) is 0.0298. The third-order valence-corrected chi connectivity index (χ3v) is 3.50. The predicted molar refractivity (Wildman–Crippen MR) is 83.5 cm³/mol. The van der Waals surface area contributed by atoms with Crippen LogP contribution < -0.4 is 0 Å². The second-order valence-electron chi connectivity index (χ2n) is 4.97. The van der Waals surface area contributed by atoms with Gasteiger partial charge in [-0.15, -0.1) is 0 Å². The number of hydrogen-bond acceptors (Lipinski definition) is 3. The fraction of sp³-hybridized carbons (Fsp3) is 0.167. The normalized spacial score (nSPS) is 11.0. The maximum absolute atomic E-state index is 11.4. The summed E-state index contributed by atoms with van der Waals surface area (Å²) in [4.78, 5) is 15.4. The lowest BCUT2D eigenvalue weighted by atomic mass is 9.93. The van der Waals surface area contributed by atoms with E-state index in [9.17, 15) is 10.1 Å². The number of carbonyl (C=O) groups is 1. The fourth-order valence-corrected chi connectivity index (χ4v) is 2.12. The molecule has 3 heteroatoms. The molecule has 0 N–H and O–H groups in total. The maximum atomic E-state index is 11.4. The van der Waals surface area contributed by atoms with E-state index in [0.717, 1.165) is 22.3 Å². The number of ketones is 1. The first-order valence-corrected chi connectivity index (χ1v) is 6.67. The second kappa shape index (κ2) is 6.15. The highest BCUT2D eigenvalue weighted by atomic mass is 16.1. The Morgan fingerprint density at radius 1 is 1.24 bits per heavy atom. The molecule has 0 saturated carbocycles. The third kappa shape index (κ3) is 3.24. The fourth-order valence-electron chi connectivity index (χ4n) is 2.12. The molecule has 3 nitrogen and oxygen atoms in total. The van der Waals surface area contributed by atoms with Gasteiger partial charge >= 0.3 is 0 Å². The van der Waals surface area contributed by atoms with Gasteiger partial charge in [0.2, 0.25) is 0 Å². The molecule has 0 aliphatic rings. The van der Waals surface area contributed by atoms with Crippen molar-refractivity contribution < 1.29 is 4.79 Å². The van der Waals surface area contributed by atoms with Crippen molar-refractivity contribution in [1.82, 2.24) is 4.98 Å². The molecule has 21 heavy (non-hydrogen) atoms. The maximum Gasteiger partial charge on any atom is 0.155 e. The molecule has 2 aromatic rings. The summed E-state index contributed by atoms with van der Waals surface area (Å²) < 4.78 is 0. The van der Waals surface area contributed by atoms with Crippen LogP contribution >= 0.6 is 0 Å². The SMILES string of the molecule is CC(=O)/C(C)=C/c1cc(C#N)cc(-c2ccncc2)c1C. The summed E-state index contributed by atoms with van der Waals surface area (Å²) in [5.41, 5.74) is 5.19. The van der Waals surface area contributed by atoms with E-state index in [1.54, 1.807) is 26.2 Å². The van der Waals surface area contributed by atoms with E-state index < -0.39 is 0 Å². The lowest BCUT2D eigenvalue weighted by Gasteiger charge is -2.11. The Balaban J connectivity index is 2.66. The molecule has 1 heterocycles. The van der Waals surface area contributed by atoms with Crippen molar-refractivity contribution in [2.75, 3.05) is 0 Å². The summed E-state index contributed by atoms with van der Waals surface area (Å²) in [6, 6.07) is 9.68. The largest absolute Gasteiger partial charge is 0.295 e. The molecular formula is C18H16N2O. The number of nitrogens with zero attached hydrogens (tertiary/aromatic N) is 2. The minimum atomic E-state index is 0.0298. The van der Waals surface area contributed by atoms with Gasteiger partial charge in [0.1, 0.15) is 0 Å². The number of pyridine rings is 1. The molecule has 2 rings (SSSR count). The van der Waals surface area contributed by atoms with Crippen molar-refractivity contribution >= 4 is 11.9 Å². The molecule has 0 bridgehead atoms. The molecular weight excluding hydrogens is 260 g/mol. The van der Waals surface area contributed by atoms with Gasteiger partial charge in [0.05, 0.1) is 11.6 Å². The Labute approximate surface area is 124 Å². The number of carbonyl (C=O) groups excluding carboxylic acids is 1. The van der Waals surface area contributed by atoms with Gasteiger partial charge < -0.3 is 0 Å². The number of nitriles is 1. The summed E-state index contributed by atoms with van der Waals surface area (Å²) >= 11 is 0. The van der Waals surface area contributed by atoms with Crippen LogP contribution in [0.5, 0.6) is 0 Å². The van der Waals surface area contributed by atoms with E-state index in [4.69, 9.17) is 0 Å². The first kappa shape index (κ1) is 14.7. The van der Waals surface area contributed by atoms with Crippen molar-refractivity contribution in [3.63, 3.8) is 0 Å². The van der Waals surface area contributed by atoms with Crippen LogP contribution in [0.25, 0.3) is 17.2 Å². The molecule has 0 amide bonds. The standard InChI is InChI=1S/C18H16N2O/c1-12(14(3)21)8-17-9-15(11-19)10-18(13(17)2)16-4-6-20-7-5-16/h4-10H,1-3H3/b12-8+. The van der Waals surface area contributed by atoms with E-state index in [-0.39, 0.29) is 5.78 Å². The molecule has 0 aliphatic carbocycles. The van der Waals surface area contributed by atoms with Crippen molar-refractivity contribution in [2.24, 2.45) is 0 Å². The number of aromatic nitrogens is 1. The zero-order valence-corrected chi connectivity index (χ0v) is 12.3. The predicted octanol–water partition coefficient (Wildman–Crippen LogP) is 3.92. The van der Waals surface area contributed by atoms with Crippen LogP contribution in [0.3, 0.4) is 0 Å². The Kier molecular flexibility index (Phi) is 4.30. The monoisotopic (exact) mass is 276 g/mol. The number of hydrogen-bond donors (Lipinski definition) is 0. The molecule has 0 atom stereocenters. The topological polar surface area (TPSA) is 53.8 Å². The molecule has 0 unspecified atom stereocenters. The zero-order valence-electron chi connectivity index (χ0n) is 12.3. The highest BCUT2D eigenvalue weighted by Gasteiger charge is 2.09. The first-order valence-electron chi connectivity index (χ1n) is 6.67. The Morgan fingerprint density at radius 2 is 1.90 bits per heavy atom. The van der Waals surface area contributed by atoms with Crippen molar-refractivity contribution in [3.8, 4) is 17.2 Å². The number of Topliss-reactive ketones (excluding diaryl/α,β-unsaturated/α-hetero) is 1. The van der Waals surface area contributed by atoms with Crippen LogP contribution in [0, 0.1) is 18.3 Å². The van der Waals surface area contributed by atoms with E-state index in [0.29, 0.717) is 11.1 Å². The van der Waals surface area contributed by atoms with Crippen molar-refractivity contribution in [1.29, 1.82) is 5.26 Å². The van der Waals surface area contributed by atoms with Gasteiger partial charge in [-0.25, -0.2) is 0 Å². The van der Waals surface area contributed by atoms with Crippen LogP contribution in [0.4, 0.5) is 0 Å². The number of benzene rings is 1. The Hall–Kier alpha value is -2.73. The lowest BCUT2D eigenvalue weighted by molar-refractivity contribution is -0.113. The minimum Gasteiger partial charge on any atom is -0.295 e. The first-order chi connectivity index (χ1) is 10.0. The average Bonchev–Trinajstić information content (AvgIpc) is 2.50. The van der Waals surface area contributed by atoms with Gasteiger partial charge in [0.25, 0.3) is 0 Å². The van der Waals surface area contributed by atoms with Crippen LogP contribution in [0.2, 0.25) is 0 Å². The molecule has 1 aromatic carbocycles. The van der Waals surface area contributed by atoms with Crippen molar-refractivity contribution in [2.45, 2.75) is 20.8 Å². The van der Waals surface area contributed by atoms with Gasteiger partial charge in [-0.1, -0.05) is 0 Å². The summed E-state index contributed by atoms with van der Waals surface area (Å²) in [5, 5.41) is 9.22. The highest BCUT2D eigenvalue weighted by Crippen LogP contribution is 2.28. The number of allylic oxidation sites excluding steroid dienone is 1. The van der Waals surface area contributed by atoms with Crippen LogP contribution in [-0.2, 0) is 4.79 Å². The van der Waals surface area contributed by atoms with Gasteiger partial charge in [0, 0.05) is 12.4 Å². The number of rotatable bonds is 3. The van der Waals surface area contributed by atoms with E-state index >= 15 is 0 Å². The van der Waals surface area contributed by atoms with Crippen molar-refractivity contribution in [3.05, 3.63) is 58.9 Å². The zero-order chi connectivity index (χ0) is 15.4. The third-order valence-electron chi connectivity index (χ3n) is 3.50. The molecule has 0 fully saturated rings. The Morgan fingerprint density at radius 3 is 2.48 bits per heavy atom. The molecule has 0 saturated heterocycles. The average molecular weight is 276 g/mol.